The summed E-state index contributed by atoms with van der Waals surface area (Å²) in [6, 6.07) is 8.16. The van der Waals surface area contributed by atoms with Crippen molar-refractivity contribution in [1.29, 1.82) is 0 Å². The molecule has 15 heavy (non-hydrogen) atoms. The van der Waals surface area contributed by atoms with Crippen LogP contribution in [0.5, 0.6) is 5.75 Å². The molecule has 0 spiro atoms. The molecule has 0 heterocycles. The highest BCUT2D eigenvalue weighted by Gasteiger charge is 2.13. The van der Waals surface area contributed by atoms with Crippen molar-refractivity contribution in [2.45, 2.75) is 33.5 Å². The van der Waals surface area contributed by atoms with Crippen LogP contribution in [0.25, 0.3) is 0 Å². The minimum absolute atomic E-state index is 0.169. The van der Waals surface area contributed by atoms with E-state index >= 15 is 0 Å². The van der Waals surface area contributed by atoms with Gasteiger partial charge in [0.2, 0.25) is 6.29 Å². The van der Waals surface area contributed by atoms with Crippen molar-refractivity contribution in [2.24, 2.45) is 5.92 Å². The Balaban J connectivity index is 2.63. The minimum Gasteiger partial charge on any atom is -0.465 e. The summed E-state index contributed by atoms with van der Waals surface area (Å²) in [5.41, 5.74) is 1.32. The standard InChI is InChI=1S/C13H20O2/c1-5-11-6-8-12(9-7-11)15-13(14-4)10(2)3/h6-10,13H,5H2,1-4H3. The highest BCUT2D eigenvalue weighted by atomic mass is 16.7. The molecule has 2 nitrogen and oxygen atoms in total. The maximum atomic E-state index is 5.70. The van der Waals surface area contributed by atoms with Gasteiger partial charge in [-0.15, -0.1) is 0 Å². The summed E-state index contributed by atoms with van der Waals surface area (Å²) in [6.07, 6.45) is 0.885. The quantitative estimate of drug-likeness (QED) is 0.691. The molecule has 0 aliphatic rings. The van der Waals surface area contributed by atoms with Gasteiger partial charge in [-0.05, 0) is 24.1 Å². The van der Waals surface area contributed by atoms with Gasteiger partial charge in [0.05, 0.1) is 0 Å². The summed E-state index contributed by atoms with van der Waals surface area (Å²) in [5.74, 6) is 1.22. The van der Waals surface area contributed by atoms with Crippen LogP contribution in [0.3, 0.4) is 0 Å². The first-order valence-corrected chi connectivity index (χ1v) is 5.45. The molecule has 1 rings (SSSR count). The Hall–Kier alpha value is -1.02. The van der Waals surface area contributed by atoms with E-state index in [-0.39, 0.29) is 6.29 Å². The zero-order chi connectivity index (χ0) is 11.3. The molecule has 0 aliphatic carbocycles. The lowest BCUT2D eigenvalue weighted by Gasteiger charge is -2.20. The monoisotopic (exact) mass is 208 g/mol. The van der Waals surface area contributed by atoms with Crippen molar-refractivity contribution in [1.82, 2.24) is 0 Å². The first kappa shape index (κ1) is 12.1. The van der Waals surface area contributed by atoms with E-state index in [0.717, 1.165) is 12.2 Å². The predicted octanol–water partition coefficient (Wildman–Crippen LogP) is 3.26. The second-order valence-electron chi connectivity index (χ2n) is 3.96. The Morgan fingerprint density at radius 3 is 2.13 bits per heavy atom. The van der Waals surface area contributed by atoms with E-state index in [0.29, 0.717) is 5.92 Å². The Morgan fingerprint density at radius 1 is 1.13 bits per heavy atom. The van der Waals surface area contributed by atoms with E-state index in [9.17, 15) is 0 Å². The topological polar surface area (TPSA) is 18.5 Å². The molecule has 0 aromatic heterocycles. The van der Waals surface area contributed by atoms with E-state index < -0.39 is 0 Å². The average molecular weight is 208 g/mol. The van der Waals surface area contributed by atoms with Crippen LogP contribution in [0.2, 0.25) is 0 Å². The molecule has 0 amide bonds. The smallest absolute Gasteiger partial charge is 0.201 e. The number of rotatable bonds is 5. The second-order valence-corrected chi connectivity index (χ2v) is 3.96. The number of benzene rings is 1. The second kappa shape index (κ2) is 5.76. The van der Waals surface area contributed by atoms with Gasteiger partial charge in [0.25, 0.3) is 0 Å². The van der Waals surface area contributed by atoms with Gasteiger partial charge >= 0.3 is 0 Å². The van der Waals surface area contributed by atoms with Crippen molar-refractivity contribution < 1.29 is 9.47 Å². The summed E-state index contributed by atoms with van der Waals surface area (Å²) in [5, 5.41) is 0. The Kier molecular flexibility index (Phi) is 4.63. The first-order chi connectivity index (χ1) is 7.17. The Morgan fingerprint density at radius 2 is 1.73 bits per heavy atom. The molecule has 0 N–H and O–H groups in total. The average Bonchev–Trinajstić information content (AvgIpc) is 2.26. The summed E-state index contributed by atoms with van der Waals surface area (Å²) in [4.78, 5) is 0. The van der Waals surface area contributed by atoms with Gasteiger partial charge in [0, 0.05) is 13.0 Å². The molecule has 1 unspecified atom stereocenters. The highest BCUT2D eigenvalue weighted by Crippen LogP contribution is 2.17. The third-order valence-corrected chi connectivity index (χ3v) is 2.36. The molecule has 0 saturated heterocycles. The summed E-state index contributed by atoms with van der Waals surface area (Å²) >= 11 is 0. The lowest BCUT2D eigenvalue weighted by atomic mass is 10.1. The zero-order valence-corrected chi connectivity index (χ0v) is 9.99. The summed E-state index contributed by atoms with van der Waals surface area (Å²) in [6.45, 7) is 6.30. The number of ether oxygens (including phenoxy) is 2. The molecule has 1 aromatic rings. The number of hydrogen-bond acceptors (Lipinski definition) is 2. The maximum absolute atomic E-state index is 5.70. The van der Waals surface area contributed by atoms with E-state index in [1.807, 2.05) is 12.1 Å². The number of methoxy groups -OCH3 is 1. The van der Waals surface area contributed by atoms with E-state index in [1.54, 1.807) is 7.11 Å². The fourth-order valence-electron chi connectivity index (χ4n) is 1.39. The van der Waals surface area contributed by atoms with Gasteiger partial charge in [-0.1, -0.05) is 32.9 Å². The lowest BCUT2D eigenvalue weighted by Crippen LogP contribution is -2.24. The largest absolute Gasteiger partial charge is 0.465 e. The van der Waals surface area contributed by atoms with Crippen LogP contribution >= 0.6 is 0 Å². The van der Waals surface area contributed by atoms with Crippen molar-refractivity contribution in [3.05, 3.63) is 29.8 Å². The van der Waals surface area contributed by atoms with Crippen LogP contribution < -0.4 is 4.74 Å². The molecule has 1 atom stereocenters. The molecular weight excluding hydrogens is 188 g/mol. The molecule has 0 saturated carbocycles. The van der Waals surface area contributed by atoms with Crippen LogP contribution in [0, 0.1) is 5.92 Å². The van der Waals surface area contributed by atoms with Crippen LogP contribution in [-0.2, 0) is 11.2 Å². The third kappa shape index (κ3) is 3.56. The van der Waals surface area contributed by atoms with Crippen LogP contribution in [-0.4, -0.2) is 13.4 Å². The third-order valence-electron chi connectivity index (χ3n) is 2.36. The van der Waals surface area contributed by atoms with Crippen LogP contribution in [0.4, 0.5) is 0 Å². The normalized spacial score (nSPS) is 12.9. The Bertz CT molecular complexity index is 277. The molecular formula is C13H20O2. The molecule has 0 radical (unpaired) electrons. The first-order valence-electron chi connectivity index (χ1n) is 5.45. The highest BCUT2D eigenvalue weighted by molar-refractivity contribution is 5.27. The lowest BCUT2D eigenvalue weighted by molar-refractivity contribution is -0.0833. The molecule has 0 bridgehead atoms. The van der Waals surface area contributed by atoms with Crippen molar-refractivity contribution in [3.63, 3.8) is 0 Å². The molecule has 84 valence electrons. The van der Waals surface area contributed by atoms with E-state index in [1.165, 1.54) is 5.56 Å². The Labute approximate surface area is 92.2 Å². The maximum Gasteiger partial charge on any atom is 0.201 e. The van der Waals surface area contributed by atoms with E-state index in [2.05, 4.69) is 32.9 Å². The van der Waals surface area contributed by atoms with Crippen molar-refractivity contribution in [2.75, 3.05) is 7.11 Å². The number of hydrogen-bond donors (Lipinski definition) is 0. The molecule has 0 fully saturated rings. The fraction of sp³-hybridized carbons (Fsp3) is 0.538. The van der Waals surface area contributed by atoms with Gasteiger partial charge in [-0.25, -0.2) is 0 Å². The molecule has 1 aromatic carbocycles. The van der Waals surface area contributed by atoms with Gasteiger partial charge in [-0.2, -0.15) is 0 Å². The summed E-state index contributed by atoms with van der Waals surface area (Å²) < 4.78 is 11.0. The van der Waals surface area contributed by atoms with Gasteiger partial charge in [-0.3, -0.25) is 0 Å². The predicted molar refractivity (Wildman–Crippen MR) is 62.1 cm³/mol. The SMILES string of the molecule is CCc1ccc(OC(OC)C(C)C)cc1. The summed E-state index contributed by atoms with van der Waals surface area (Å²) in [7, 11) is 1.67. The number of aryl methyl sites for hydroxylation is 1. The van der Waals surface area contributed by atoms with E-state index in [4.69, 9.17) is 9.47 Å². The zero-order valence-electron chi connectivity index (χ0n) is 9.99. The van der Waals surface area contributed by atoms with Crippen molar-refractivity contribution >= 4 is 0 Å². The van der Waals surface area contributed by atoms with Crippen molar-refractivity contribution in [3.8, 4) is 5.75 Å². The fourth-order valence-corrected chi connectivity index (χ4v) is 1.39. The molecule has 0 aliphatic heterocycles. The van der Waals surface area contributed by atoms with Gasteiger partial charge in [0.1, 0.15) is 5.75 Å². The molecule has 2 heteroatoms. The van der Waals surface area contributed by atoms with Gasteiger partial charge < -0.3 is 9.47 Å². The van der Waals surface area contributed by atoms with Crippen LogP contribution in [0.15, 0.2) is 24.3 Å². The van der Waals surface area contributed by atoms with Crippen LogP contribution in [0.1, 0.15) is 26.3 Å². The minimum atomic E-state index is -0.169. The van der Waals surface area contributed by atoms with Gasteiger partial charge in [0.15, 0.2) is 0 Å².